The van der Waals surface area contributed by atoms with Crippen molar-refractivity contribution in [2.24, 2.45) is 5.92 Å². The molecule has 0 heterocycles. The van der Waals surface area contributed by atoms with Crippen LogP contribution in [0.1, 0.15) is 12.0 Å². The molecule has 5 N–H and O–H groups in total. The first-order valence-corrected chi connectivity index (χ1v) is 8.62. The number of benzene rings is 1. The van der Waals surface area contributed by atoms with Crippen LogP contribution in [0.25, 0.3) is 6.08 Å². The third-order valence-corrected chi connectivity index (χ3v) is 4.92. The van der Waals surface area contributed by atoms with Crippen molar-refractivity contribution in [2.75, 3.05) is 21.3 Å². The summed E-state index contributed by atoms with van der Waals surface area (Å²) >= 11 is 0. The van der Waals surface area contributed by atoms with Crippen molar-refractivity contribution in [1.29, 1.82) is 0 Å². The molecule has 0 aliphatic heterocycles. The number of hydrogen-bond acceptors (Lipinski definition) is 9. The Bertz CT molecular complexity index is 779. The number of carbonyl (C=O) groups excluding carboxylic acids is 1. The third-order valence-electron chi connectivity index (χ3n) is 4.92. The van der Waals surface area contributed by atoms with Gasteiger partial charge in [0, 0.05) is 6.42 Å². The highest BCUT2D eigenvalue weighted by Gasteiger charge is 2.58. The van der Waals surface area contributed by atoms with E-state index >= 15 is 0 Å². The van der Waals surface area contributed by atoms with E-state index in [-0.39, 0.29) is 0 Å². The maximum absolute atomic E-state index is 12.6. The van der Waals surface area contributed by atoms with Gasteiger partial charge in [0.25, 0.3) is 0 Å². The number of carboxylic acids is 1. The van der Waals surface area contributed by atoms with Gasteiger partial charge in [0.05, 0.1) is 39.5 Å². The summed E-state index contributed by atoms with van der Waals surface area (Å²) in [6.07, 6.45) is -3.99. The molecule has 5 atom stereocenters. The number of ether oxygens (including phenoxy) is 3. The molecular formula is C19H24O10. The van der Waals surface area contributed by atoms with E-state index in [0.717, 1.165) is 6.08 Å². The van der Waals surface area contributed by atoms with E-state index in [1.54, 1.807) is 0 Å². The van der Waals surface area contributed by atoms with E-state index in [1.807, 2.05) is 0 Å². The predicted octanol–water partition coefficient (Wildman–Crippen LogP) is -0.787. The summed E-state index contributed by atoms with van der Waals surface area (Å²) in [4.78, 5) is 24.2. The van der Waals surface area contributed by atoms with Gasteiger partial charge in [-0.15, -0.1) is 0 Å². The summed E-state index contributed by atoms with van der Waals surface area (Å²) in [5, 5.41) is 49.4. The van der Waals surface area contributed by atoms with Gasteiger partial charge in [0.1, 0.15) is 6.10 Å². The maximum Gasteiger partial charge on any atom is 0.336 e. The van der Waals surface area contributed by atoms with E-state index < -0.39 is 48.0 Å². The van der Waals surface area contributed by atoms with Crippen LogP contribution in [0.3, 0.4) is 0 Å². The average Bonchev–Trinajstić information content (AvgIpc) is 2.69. The molecule has 3 unspecified atom stereocenters. The van der Waals surface area contributed by atoms with Crippen LogP contribution in [0.5, 0.6) is 17.2 Å². The lowest BCUT2D eigenvalue weighted by Crippen LogP contribution is -2.64. The minimum Gasteiger partial charge on any atom is -0.493 e. The Morgan fingerprint density at radius 2 is 1.59 bits per heavy atom. The van der Waals surface area contributed by atoms with Crippen molar-refractivity contribution in [3.63, 3.8) is 0 Å². The molecule has 1 fully saturated rings. The van der Waals surface area contributed by atoms with Crippen LogP contribution < -0.4 is 14.2 Å². The standard InChI is InChI=1S/C19H24O10/c1-27-12-6-9(7-13(28-2)17(12)29-3)4-5-10(20)14-16(23)15(22)11(21)8-19(14,26)18(24)25/h4-7,11,14-16,21-23,26H,8H2,1-3H3,(H,24,25)/t11-,14?,15?,16-,19?/m1/s1. The predicted molar refractivity (Wildman–Crippen MR) is 98.9 cm³/mol. The zero-order valence-electron chi connectivity index (χ0n) is 16.1. The van der Waals surface area contributed by atoms with Crippen LogP contribution in [0, 0.1) is 5.92 Å². The van der Waals surface area contributed by atoms with Crippen molar-refractivity contribution < 1.29 is 49.3 Å². The lowest BCUT2D eigenvalue weighted by atomic mass is 9.69. The second-order valence-electron chi connectivity index (χ2n) is 6.65. The fourth-order valence-electron chi connectivity index (χ4n) is 3.38. The lowest BCUT2D eigenvalue weighted by molar-refractivity contribution is -0.207. The molecule has 10 heteroatoms. The number of carbonyl (C=O) groups is 2. The first kappa shape index (κ1) is 22.6. The van der Waals surface area contributed by atoms with E-state index in [4.69, 9.17) is 14.2 Å². The Morgan fingerprint density at radius 3 is 2.03 bits per heavy atom. The summed E-state index contributed by atoms with van der Waals surface area (Å²) in [5.74, 6) is -3.64. The summed E-state index contributed by atoms with van der Waals surface area (Å²) in [7, 11) is 4.25. The van der Waals surface area contributed by atoms with Gasteiger partial charge in [-0.2, -0.15) is 0 Å². The Morgan fingerprint density at radius 1 is 1.03 bits per heavy atom. The van der Waals surface area contributed by atoms with Crippen LogP contribution in [0.15, 0.2) is 18.2 Å². The van der Waals surface area contributed by atoms with Crippen LogP contribution >= 0.6 is 0 Å². The first-order chi connectivity index (χ1) is 13.6. The second-order valence-corrected chi connectivity index (χ2v) is 6.65. The fourth-order valence-corrected chi connectivity index (χ4v) is 3.38. The van der Waals surface area contributed by atoms with Crippen molar-refractivity contribution >= 4 is 17.8 Å². The van der Waals surface area contributed by atoms with Gasteiger partial charge < -0.3 is 39.7 Å². The average molecular weight is 412 g/mol. The zero-order valence-corrected chi connectivity index (χ0v) is 16.1. The molecule has 0 radical (unpaired) electrons. The minimum atomic E-state index is -2.74. The van der Waals surface area contributed by atoms with E-state index in [2.05, 4.69) is 0 Å². The van der Waals surface area contributed by atoms with Crippen LogP contribution in [0.2, 0.25) is 0 Å². The molecule has 0 aromatic heterocycles. The van der Waals surface area contributed by atoms with E-state index in [0.29, 0.717) is 22.8 Å². The molecule has 1 aromatic rings. The molecule has 0 spiro atoms. The molecule has 1 aromatic carbocycles. The van der Waals surface area contributed by atoms with Gasteiger partial charge in [-0.1, -0.05) is 6.08 Å². The summed E-state index contributed by atoms with van der Waals surface area (Å²) in [5.41, 5.74) is -2.31. The number of aliphatic hydroxyl groups is 4. The normalized spacial score (nSPS) is 29.5. The molecule has 0 saturated heterocycles. The number of rotatable bonds is 7. The molecule has 160 valence electrons. The minimum absolute atomic E-state index is 0.317. The number of ketones is 1. The highest BCUT2D eigenvalue weighted by atomic mass is 16.5. The van der Waals surface area contributed by atoms with Gasteiger partial charge >= 0.3 is 5.97 Å². The molecule has 10 nitrogen and oxygen atoms in total. The largest absolute Gasteiger partial charge is 0.493 e. The molecule has 0 amide bonds. The summed E-state index contributed by atoms with van der Waals surface area (Å²) in [6, 6.07) is 3.06. The van der Waals surface area contributed by atoms with Crippen LogP contribution in [-0.2, 0) is 9.59 Å². The molecule has 0 bridgehead atoms. The van der Waals surface area contributed by atoms with Crippen LogP contribution in [-0.4, -0.2) is 82.5 Å². The van der Waals surface area contributed by atoms with Gasteiger partial charge in [-0.25, -0.2) is 4.79 Å². The van der Waals surface area contributed by atoms with Crippen molar-refractivity contribution in [3.05, 3.63) is 23.8 Å². The summed E-state index contributed by atoms with van der Waals surface area (Å²) < 4.78 is 15.6. The molecule has 29 heavy (non-hydrogen) atoms. The quantitative estimate of drug-likeness (QED) is 0.359. The smallest absolute Gasteiger partial charge is 0.336 e. The Hall–Kier alpha value is -2.66. The van der Waals surface area contributed by atoms with Gasteiger partial charge in [-0.3, -0.25) is 4.79 Å². The van der Waals surface area contributed by atoms with Crippen molar-refractivity contribution in [1.82, 2.24) is 0 Å². The molecule has 1 saturated carbocycles. The highest BCUT2D eigenvalue weighted by molar-refractivity contribution is 6.00. The number of carboxylic acid groups (broad SMARTS) is 1. The molecule has 1 aliphatic carbocycles. The van der Waals surface area contributed by atoms with Gasteiger partial charge in [0.15, 0.2) is 22.9 Å². The monoisotopic (exact) mass is 412 g/mol. The number of aliphatic carboxylic acids is 1. The number of aliphatic hydroxyl groups excluding tert-OH is 3. The van der Waals surface area contributed by atoms with Gasteiger partial charge in [-0.05, 0) is 23.8 Å². The zero-order chi connectivity index (χ0) is 21.9. The van der Waals surface area contributed by atoms with Crippen molar-refractivity contribution in [2.45, 2.75) is 30.3 Å². The topological polar surface area (TPSA) is 163 Å². The highest BCUT2D eigenvalue weighted by Crippen LogP contribution is 2.39. The van der Waals surface area contributed by atoms with E-state index in [1.165, 1.54) is 39.5 Å². The molecule has 2 rings (SSSR count). The fraction of sp³-hybridized carbons (Fsp3) is 0.474. The Balaban J connectivity index is 2.39. The Kier molecular flexibility index (Phi) is 6.85. The molecular weight excluding hydrogens is 388 g/mol. The van der Waals surface area contributed by atoms with E-state index in [9.17, 15) is 35.1 Å². The number of methoxy groups -OCH3 is 3. The maximum atomic E-state index is 12.6. The summed E-state index contributed by atoms with van der Waals surface area (Å²) in [6.45, 7) is 0. The van der Waals surface area contributed by atoms with Crippen LogP contribution in [0.4, 0.5) is 0 Å². The number of allylic oxidation sites excluding steroid dienone is 1. The Labute approximate surface area is 166 Å². The molecule has 1 aliphatic rings. The van der Waals surface area contributed by atoms with Gasteiger partial charge in [0.2, 0.25) is 5.75 Å². The second kappa shape index (κ2) is 8.78. The van der Waals surface area contributed by atoms with Crippen molar-refractivity contribution in [3.8, 4) is 17.2 Å². The lowest BCUT2D eigenvalue weighted by Gasteiger charge is -2.43. The third kappa shape index (κ3) is 4.20. The SMILES string of the molecule is COc1cc(C=CC(=O)C2[C@@H](O)C(O)[C@H](O)CC2(O)C(=O)O)cc(OC)c1OC. The number of hydrogen-bond donors (Lipinski definition) is 5. The first-order valence-electron chi connectivity index (χ1n) is 8.62.